The summed E-state index contributed by atoms with van der Waals surface area (Å²) in [5, 5.41) is 0. The van der Waals surface area contributed by atoms with Crippen LogP contribution >= 0.6 is 0 Å². The third-order valence-corrected chi connectivity index (χ3v) is 5.51. The molecule has 0 aromatic heterocycles. The molecule has 0 saturated carbocycles. The number of anilines is 1. The summed E-state index contributed by atoms with van der Waals surface area (Å²) in [4.78, 5) is 31.1. The lowest BCUT2D eigenvalue weighted by molar-refractivity contribution is 0.0535. The Bertz CT molecular complexity index is 854. The van der Waals surface area contributed by atoms with Crippen LogP contribution in [-0.4, -0.2) is 60.9 Å². The SMILES string of the molecule is O=C(c1ccc(N2CCCC2)cc1)N1CCN(C(=O)c2cccc(F)c2)CC1. The Labute approximate surface area is 164 Å². The van der Waals surface area contributed by atoms with Gasteiger partial charge in [-0.25, -0.2) is 4.39 Å². The Kier molecular flexibility index (Phi) is 5.28. The molecule has 28 heavy (non-hydrogen) atoms. The summed E-state index contributed by atoms with van der Waals surface area (Å²) in [6.45, 7) is 4.02. The molecule has 0 bridgehead atoms. The standard InChI is InChI=1S/C22H24FN3O2/c23-19-5-3-4-18(16-19)22(28)26-14-12-25(13-15-26)21(27)17-6-8-20(9-7-17)24-10-1-2-11-24/h3-9,16H,1-2,10-15H2. The van der Waals surface area contributed by atoms with Crippen LogP contribution in [0, 0.1) is 5.82 Å². The van der Waals surface area contributed by atoms with Gasteiger partial charge in [0, 0.05) is 56.1 Å². The summed E-state index contributed by atoms with van der Waals surface area (Å²) >= 11 is 0. The van der Waals surface area contributed by atoms with E-state index in [1.165, 1.54) is 36.7 Å². The van der Waals surface area contributed by atoms with E-state index in [2.05, 4.69) is 4.90 Å². The normalized spacial score (nSPS) is 17.1. The molecule has 2 saturated heterocycles. The molecule has 2 aromatic rings. The molecule has 5 nitrogen and oxygen atoms in total. The first-order valence-electron chi connectivity index (χ1n) is 9.81. The van der Waals surface area contributed by atoms with Gasteiger partial charge in [-0.2, -0.15) is 0 Å². The molecule has 0 radical (unpaired) electrons. The van der Waals surface area contributed by atoms with Gasteiger partial charge in [0.15, 0.2) is 0 Å². The van der Waals surface area contributed by atoms with Gasteiger partial charge in [-0.3, -0.25) is 9.59 Å². The largest absolute Gasteiger partial charge is 0.372 e. The van der Waals surface area contributed by atoms with Crippen LogP contribution < -0.4 is 4.90 Å². The van der Waals surface area contributed by atoms with E-state index in [0.717, 1.165) is 13.1 Å². The number of piperazine rings is 1. The maximum Gasteiger partial charge on any atom is 0.254 e. The summed E-state index contributed by atoms with van der Waals surface area (Å²) < 4.78 is 13.4. The summed E-state index contributed by atoms with van der Waals surface area (Å²) in [7, 11) is 0. The highest BCUT2D eigenvalue weighted by Gasteiger charge is 2.26. The summed E-state index contributed by atoms with van der Waals surface area (Å²) in [6.07, 6.45) is 2.44. The number of hydrogen-bond donors (Lipinski definition) is 0. The van der Waals surface area contributed by atoms with Crippen molar-refractivity contribution >= 4 is 17.5 Å². The number of carbonyl (C=O) groups is 2. The highest BCUT2D eigenvalue weighted by Crippen LogP contribution is 2.21. The Morgan fingerprint density at radius 1 is 0.714 bits per heavy atom. The molecule has 0 N–H and O–H groups in total. The van der Waals surface area contributed by atoms with Gasteiger partial charge >= 0.3 is 0 Å². The molecule has 2 aliphatic rings. The van der Waals surface area contributed by atoms with Crippen molar-refractivity contribution in [2.24, 2.45) is 0 Å². The minimum atomic E-state index is -0.419. The van der Waals surface area contributed by atoms with Gasteiger partial charge in [0.1, 0.15) is 5.82 Å². The van der Waals surface area contributed by atoms with Gasteiger partial charge in [-0.15, -0.1) is 0 Å². The molecule has 2 fully saturated rings. The molecule has 0 unspecified atom stereocenters. The van der Waals surface area contributed by atoms with Crippen molar-refractivity contribution in [3.8, 4) is 0 Å². The molecule has 2 aromatic carbocycles. The van der Waals surface area contributed by atoms with Crippen LogP contribution in [0.5, 0.6) is 0 Å². The second kappa shape index (κ2) is 8.00. The van der Waals surface area contributed by atoms with Crippen LogP contribution in [0.15, 0.2) is 48.5 Å². The van der Waals surface area contributed by atoms with Crippen LogP contribution in [0.3, 0.4) is 0 Å². The molecular weight excluding hydrogens is 357 g/mol. The number of hydrogen-bond acceptors (Lipinski definition) is 3. The van der Waals surface area contributed by atoms with E-state index in [9.17, 15) is 14.0 Å². The zero-order valence-electron chi connectivity index (χ0n) is 15.8. The molecule has 2 aliphatic heterocycles. The predicted molar refractivity (Wildman–Crippen MR) is 106 cm³/mol. The van der Waals surface area contributed by atoms with Crippen molar-refractivity contribution in [1.82, 2.24) is 9.80 Å². The van der Waals surface area contributed by atoms with Crippen molar-refractivity contribution < 1.29 is 14.0 Å². The lowest BCUT2D eigenvalue weighted by Gasteiger charge is -2.35. The van der Waals surface area contributed by atoms with Gasteiger partial charge in [0.2, 0.25) is 0 Å². The minimum Gasteiger partial charge on any atom is -0.372 e. The summed E-state index contributed by atoms with van der Waals surface area (Å²) in [5.41, 5.74) is 2.18. The fourth-order valence-corrected chi connectivity index (χ4v) is 3.89. The summed E-state index contributed by atoms with van der Waals surface area (Å²) in [5.74, 6) is -0.621. The van der Waals surface area contributed by atoms with Crippen LogP contribution in [0.2, 0.25) is 0 Å². The van der Waals surface area contributed by atoms with Crippen molar-refractivity contribution in [1.29, 1.82) is 0 Å². The average molecular weight is 381 g/mol. The molecule has 0 aliphatic carbocycles. The monoisotopic (exact) mass is 381 g/mol. The first-order valence-corrected chi connectivity index (χ1v) is 9.81. The zero-order chi connectivity index (χ0) is 19.5. The first-order chi connectivity index (χ1) is 13.6. The van der Waals surface area contributed by atoms with Crippen LogP contribution in [0.25, 0.3) is 0 Å². The number of nitrogens with zero attached hydrogens (tertiary/aromatic N) is 3. The Morgan fingerprint density at radius 3 is 1.86 bits per heavy atom. The fraction of sp³-hybridized carbons (Fsp3) is 0.364. The predicted octanol–water partition coefficient (Wildman–Crippen LogP) is 3.02. The van der Waals surface area contributed by atoms with E-state index < -0.39 is 5.82 Å². The van der Waals surface area contributed by atoms with Gasteiger partial charge in [-0.05, 0) is 55.3 Å². The van der Waals surface area contributed by atoms with Gasteiger partial charge in [0.05, 0.1) is 0 Å². The quantitative estimate of drug-likeness (QED) is 0.821. The number of rotatable bonds is 3. The fourth-order valence-electron chi connectivity index (χ4n) is 3.89. The average Bonchev–Trinajstić information content (AvgIpc) is 3.28. The van der Waals surface area contributed by atoms with Crippen LogP contribution in [0.1, 0.15) is 33.6 Å². The van der Waals surface area contributed by atoms with Crippen molar-refractivity contribution in [3.05, 3.63) is 65.5 Å². The highest BCUT2D eigenvalue weighted by atomic mass is 19.1. The highest BCUT2D eigenvalue weighted by molar-refractivity contribution is 5.96. The van der Waals surface area contributed by atoms with E-state index in [1.54, 1.807) is 15.9 Å². The number of carbonyl (C=O) groups excluding carboxylic acids is 2. The Morgan fingerprint density at radius 2 is 1.29 bits per heavy atom. The van der Waals surface area contributed by atoms with E-state index in [-0.39, 0.29) is 11.8 Å². The second-order valence-electron chi connectivity index (χ2n) is 7.34. The lowest BCUT2D eigenvalue weighted by atomic mass is 10.1. The van der Waals surface area contributed by atoms with E-state index in [4.69, 9.17) is 0 Å². The van der Waals surface area contributed by atoms with E-state index in [1.807, 2.05) is 24.3 Å². The van der Waals surface area contributed by atoms with Gasteiger partial charge in [0.25, 0.3) is 11.8 Å². The third-order valence-electron chi connectivity index (χ3n) is 5.51. The minimum absolute atomic E-state index is 0.00849. The zero-order valence-corrected chi connectivity index (χ0v) is 15.8. The number of amides is 2. The number of benzene rings is 2. The lowest BCUT2D eigenvalue weighted by Crippen LogP contribution is -2.50. The smallest absolute Gasteiger partial charge is 0.254 e. The molecule has 2 amide bonds. The molecule has 0 atom stereocenters. The van der Waals surface area contributed by atoms with Crippen molar-refractivity contribution in [2.75, 3.05) is 44.2 Å². The maximum atomic E-state index is 13.4. The Hall–Kier alpha value is -2.89. The molecular formula is C22H24FN3O2. The Balaban J connectivity index is 1.35. The summed E-state index contributed by atoms with van der Waals surface area (Å²) in [6, 6.07) is 13.5. The van der Waals surface area contributed by atoms with Crippen molar-refractivity contribution in [2.45, 2.75) is 12.8 Å². The van der Waals surface area contributed by atoms with Crippen LogP contribution in [-0.2, 0) is 0 Å². The third kappa shape index (κ3) is 3.86. The van der Waals surface area contributed by atoms with Crippen LogP contribution in [0.4, 0.5) is 10.1 Å². The second-order valence-corrected chi connectivity index (χ2v) is 7.34. The molecule has 2 heterocycles. The molecule has 6 heteroatoms. The number of halogens is 1. The molecule has 0 spiro atoms. The molecule has 146 valence electrons. The van der Waals surface area contributed by atoms with Gasteiger partial charge < -0.3 is 14.7 Å². The van der Waals surface area contributed by atoms with E-state index in [0.29, 0.717) is 37.3 Å². The topological polar surface area (TPSA) is 43.9 Å². The van der Waals surface area contributed by atoms with Crippen molar-refractivity contribution in [3.63, 3.8) is 0 Å². The first kappa shape index (κ1) is 18.5. The maximum absolute atomic E-state index is 13.4. The van der Waals surface area contributed by atoms with E-state index >= 15 is 0 Å². The molecule has 4 rings (SSSR count). The van der Waals surface area contributed by atoms with Gasteiger partial charge in [-0.1, -0.05) is 6.07 Å².